The SMILES string of the molecule is COCCOCC(=O)N(CC(N)=O)CC(N)=O. The molecular weight excluding hydrogens is 230 g/mol. The highest BCUT2D eigenvalue weighted by atomic mass is 16.5. The Bertz CT molecular complexity index is 266. The van der Waals surface area contributed by atoms with Gasteiger partial charge in [-0.15, -0.1) is 0 Å². The second-order valence-corrected chi connectivity index (χ2v) is 3.23. The highest BCUT2D eigenvalue weighted by Crippen LogP contribution is 1.91. The first-order valence-electron chi connectivity index (χ1n) is 4.88. The van der Waals surface area contributed by atoms with Gasteiger partial charge in [0.25, 0.3) is 0 Å². The van der Waals surface area contributed by atoms with Crippen LogP contribution in [0.15, 0.2) is 0 Å². The van der Waals surface area contributed by atoms with Crippen LogP contribution in [0, 0.1) is 0 Å². The van der Waals surface area contributed by atoms with Crippen molar-refractivity contribution >= 4 is 17.7 Å². The summed E-state index contributed by atoms with van der Waals surface area (Å²) < 4.78 is 9.67. The minimum atomic E-state index is -0.725. The summed E-state index contributed by atoms with van der Waals surface area (Å²) in [7, 11) is 1.50. The maximum Gasteiger partial charge on any atom is 0.249 e. The third-order valence-corrected chi connectivity index (χ3v) is 1.70. The summed E-state index contributed by atoms with van der Waals surface area (Å²) in [5.41, 5.74) is 9.87. The molecule has 0 aromatic carbocycles. The average Bonchev–Trinajstić information content (AvgIpc) is 2.22. The highest BCUT2D eigenvalue weighted by Gasteiger charge is 2.17. The summed E-state index contributed by atoms with van der Waals surface area (Å²) in [6.45, 7) is -0.406. The zero-order valence-corrected chi connectivity index (χ0v) is 9.68. The van der Waals surface area contributed by atoms with Gasteiger partial charge in [-0.25, -0.2) is 0 Å². The van der Waals surface area contributed by atoms with E-state index in [9.17, 15) is 14.4 Å². The van der Waals surface area contributed by atoms with Gasteiger partial charge in [0.2, 0.25) is 17.7 Å². The van der Waals surface area contributed by atoms with Crippen LogP contribution in [0.4, 0.5) is 0 Å². The van der Waals surface area contributed by atoms with Crippen LogP contribution in [-0.2, 0) is 23.9 Å². The number of nitrogens with zero attached hydrogens (tertiary/aromatic N) is 1. The standard InChI is InChI=1S/C9H17N3O5/c1-16-2-3-17-6-9(15)12(4-7(10)13)5-8(11)14/h2-6H2,1H3,(H2,10,13)(H2,11,14). The van der Waals surface area contributed by atoms with E-state index in [1.54, 1.807) is 0 Å². The molecule has 0 heterocycles. The maximum absolute atomic E-state index is 11.5. The van der Waals surface area contributed by atoms with E-state index >= 15 is 0 Å². The molecule has 0 unspecified atom stereocenters. The third kappa shape index (κ3) is 8.17. The van der Waals surface area contributed by atoms with E-state index in [1.165, 1.54) is 7.11 Å². The number of hydrogen-bond acceptors (Lipinski definition) is 5. The van der Waals surface area contributed by atoms with Gasteiger partial charge in [0.15, 0.2) is 0 Å². The van der Waals surface area contributed by atoms with E-state index in [0.29, 0.717) is 6.61 Å². The topological polar surface area (TPSA) is 125 Å². The molecule has 0 fully saturated rings. The lowest BCUT2D eigenvalue weighted by atomic mass is 10.4. The maximum atomic E-state index is 11.5. The molecular formula is C9H17N3O5. The Kier molecular flexibility index (Phi) is 7.65. The monoisotopic (exact) mass is 247 g/mol. The van der Waals surface area contributed by atoms with Crippen LogP contribution in [0.5, 0.6) is 0 Å². The Morgan fingerprint density at radius 3 is 2.00 bits per heavy atom. The van der Waals surface area contributed by atoms with Crippen LogP contribution in [0.25, 0.3) is 0 Å². The molecule has 0 aliphatic rings. The zero-order valence-electron chi connectivity index (χ0n) is 9.68. The Hall–Kier alpha value is -1.67. The van der Waals surface area contributed by atoms with Gasteiger partial charge in [-0.1, -0.05) is 0 Å². The van der Waals surface area contributed by atoms with E-state index in [0.717, 1.165) is 4.90 Å². The first-order chi connectivity index (χ1) is 7.97. The Morgan fingerprint density at radius 2 is 1.59 bits per heavy atom. The van der Waals surface area contributed by atoms with Crippen molar-refractivity contribution < 1.29 is 23.9 Å². The minimum Gasteiger partial charge on any atom is -0.382 e. The van der Waals surface area contributed by atoms with Crippen molar-refractivity contribution in [2.45, 2.75) is 0 Å². The van der Waals surface area contributed by atoms with Crippen molar-refractivity contribution in [1.29, 1.82) is 0 Å². The number of hydrogen-bond donors (Lipinski definition) is 2. The van der Waals surface area contributed by atoms with Crippen LogP contribution in [-0.4, -0.2) is 62.6 Å². The number of nitrogens with two attached hydrogens (primary N) is 2. The average molecular weight is 247 g/mol. The number of rotatable bonds is 9. The fourth-order valence-corrected chi connectivity index (χ4v) is 1.00. The van der Waals surface area contributed by atoms with Crippen molar-refractivity contribution in [2.75, 3.05) is 40.0 Å². The number of primary amides is 2. The first kappa shape index (κ1) is 15.3. The molecule has 0 aromatic heterocycles. The molecule has 0 rings (SSSR count). The van der Waals surface area contributed by atoms with Gasteiger partial charge in [0.1, 0.15) is 6.61 Å². The number of carbonyl (C=O) groups is 3. The molecule has 3 amide bonds. The largest absolute Gasteiger partial charge is 0.382 e. The first-order valence-corrected chi connectivity index (χ1v) is 4.88. The van der Waals surface area contributed by atoms with Crippen molar-refractivity contribution in [3.63, 3.8) is 0 Å². The van der Waals surface area contributed by atoms with Gasteiger partial charge in [-0.3, -0.25) is 14.4 Å². The fraction of sp³-hybridized carbons (Fsp3) is 0.667. The smallest absolute Gasteiger partial charge is 0.249 e. The molecule has 0 spiro atoms. The molecule has 8 heteroatoms. The number of amides is 3. The number of carbonyl (C=O) groups excluding carboxylic acids is 3. The predicted octanol–water partition coefficient (Wildman–Crippen LogP) is -2.55. The lowest BCUT2D eigenvalue weighted by Gasteiger charge is -2.19. The summed E-state index contributed by atoms with van der Waals surface area (Å²) in [5, 5.41) is 0. The lowest BCUT2D eigenvalue weighted by Crippen LogP contribution is -2.44. The molecule has 4 N–H and O–H groups in total. The van der Waals surface area contributed by atoms with Crippen molar-refractivity contribution in [3.05, 3.63) is 0 Å². The van der Waals surface area contributed by atoms with Gasteiger partial charge in [-0.2, -0.15) is 0 Å². The molecule has 0 aliphatic heterocycles. The number of methoxy groups -OCH3 is 1. The molecule has 0 radical (unpaired) electrons. The quantitative estimate of drug-likeness (QED) is 0.434. The second kappa shape index (κ2) is 8.48. The molecule has 17 heavy (non-hydrogen) atoms. The molecule has 0 atom stereocenters. The van der Waals surface area contributed by atoms with Gasteiger partial charge in [0.05, 0.1) is 26.3 Å². The van der Waals surface area contributed by atoms with Gasteiger partial charge < -0.3 is 25.8 Å². The molecule has 0 aliphatic carbocycles. The summed E-state index contributed by atoms with van der Waals surface area (Å²) in [6.07, 6.45) is 0. The van der Waals surface area contributed by atoms with Crippen LogP contribution in [0.3, 0.4) is 0 Å². The Balaban J connectivity index is 4.12. The summed E-state index contributed by atoms with van der Waals surface area (Å²) in [4.78, 5) is 33.8. The van der Waals surface area contributed by atoms with E-state index < -0.39 is 17.7 Å². The molecule has 98 valence electrons. The number of ether oxygens (including phenoxy) is 2. The normalized spacial score (nSPS) is 9.94. The molecule has 0 bridgehead atoms. The second-order valence-electron chi connectivity index (χ2n) is 3.23. The zero-order chi connectivity index (χ0) is 13.3. The van der Waals surface area contributed by atoms with Crippen LogP contribution in [0.1, 0.15) is 0 Å². The minimum absolute atomic E-state index is 0.239. The van der Waals surface area contributed by atoms with Crippen molar-refractivity contribution in [2.24, 2.45) is 11.5 Å². The fourth-order valence-electron chi connectivity index (χ4n) is 1.00. The van der Waals surface area contributed by atoms with Crippen LogP contribution >= 0.6 is 0 Å². The molecule has 0 saturated heterocycles. The van der Waals surface area contributed by atoms with Crippen molar-refractivity contribution in [3.8, 4) is 0 Å². The van der Waals surface area contributed by atoms with E-state index in [4.69, 9.17) is 20.9 Å². The Labute approximate surface area is 98.8 Å². The predicted molar refractivity (Wildman–Crippen MR) is 57.7 cm³/mol. The van der Waals surface area contributed by atoms with E-state index in [2.05, 4.69) is 0 Å². The van der Waals surface area contributed by atoms with E-state index in [1.807, 2.05) is 0 Å². The van der Waals surface area contributed by atoms with Gasteiger partial charge in [-0.05, 0) is 0 Å². The van der Waals surface area contributed by atoms with Crippen LogP contribution < -0.4 is 11.5 Å². The van der Waals surface area contributed by atoms with E-state index in [-0.39, 0.29) is 26.3 Å². The summed E-state index contributed by atoms with van der Waals surface area (Å²) >= 11 is 0. The van der Waals surface area contributed by atoms with Gasteiger partial charge in [0, 0.05) is 7.11 Å². The van der Waals surface area contributed by atoms with Gasteiger partial charge >= 0.3 is 0 Å². The summed E-state index contributed by atoms with van der Waals surface area (Å²) in [6, 6.07) is 0. The summed E-state index contributed by atoms with van der Waals surface area (Å²) in [5.74, 6) is -1.98. The molecule has 8 nitrogen and oxygen atoms in total. The van der Waals surface area contributed by atoms with Crippen molar-refractivity contribution in [1.82, 2.24) is 4.90 Å². The highest BCUT2D eigenvalue weighted by molar-refractivity contribution is 5.88. The van der Waals surface area contributed by atoms with Crippen LogP contribution in [0.2, 0.25) is 0 Å². The molecule has 0 aromatic rings. The Morgan fingerprint density at radius 1 is 1.06 bits per heavy atom. The lowest BCUT2D eigenvalue weighted by molar-refractivity contribution is -0.142. The molecule has 0 saturated carbocycles. The third-order valence-electron chi connectivity index (χ3n) is 1.70.